The molecule has 1 aliphatic heterocycles. The number of aromatic nitrogens is 1. The molecule has 0 saturated carbocycles. The third-order valence-corrected chi connectivity index (χ3v) is 4.51. The van der Waals surface area contributed by atoms with Gasteiger partial charge in [-0.1, -0.05) is 12.1 Å². The van der Waals surface area contributed by atoms with Crippen molar-refractivity contribution in [2.75, 3.05) is 18.9 Å². The van der Waals surface area contributed by atoms with Crippen LogP contribution in [0.3, 0.4) is 0 Å². The first kappa shape index (κ1) is 17.4. The van der Waals surface area contributed by atoms with E-state index < -0.39 is 0 Å². The van der Waals surface area contributed by atoms with Crippen LogP contribution in [0.5, 0.6) is 0 Å². The molecule has 0 aliphatic carbocycles. The Morgan fingerprint density at radius 3 is 2.92 bits per heavy atom. The fourth-order valence-electron chi connectivity index (χ4n) is 3.09. The van der Waals surface area contributed by atoms with Crippen molar-refractivity contribution in [3.63, 3.8) is 0 Å². The minimum atomic E-state index is -0.0395. The van der Waals surface area contributed by atoms with Crippen molar-refractivity contribution in [1.29, 1.82) is 0 Å². The largest absolute Gasteiger partial charge is 0.384 e. The van der Waals surface area contributed by atoms with Crippen LogP contribution in [0.4, 0.5) is 5.82 Å². The molecule has 5 nitrogen and oxygen atoms in total. The zero-order chi connectivity index (χ0) is 17.5. The van der Waals surface area contributed by atoms with Gasteiger partial charge in [-0.2, -0.15) is 0 Å². The van der Waals surface area contributed by atoms with Gasteiger partial charge in [-0.05, 0) is 61.9 Å². The van der Waals surface area contributed by atoms with E-state index in [1.807, 2.05) is 30.3 Å². The van der Waals surface area contributed by atoms with Crippen LogP contribution < -0.4 is 11.1 Å². The van der Waals surface area contributed by atoms with Crippen molar-refractivity contribution in [1.82, 2.24) is 10.3 Å². The van der Waals surface area contributed by atoms with Crippen LogP contribution in [0, 0.1) is 0 Å². The summed E-state index contributed by atoms with van der Waals surface area (Å²) in [5.41, 5.74) is 8.18. The molecule has 1 unspecified atom stereocenters. The highest BCUT2D eigenvalue weighted by Crippen LogP contribution is 2.20. The lowest BCUT2D eigenvalue weighted by atomic mass is 10.0. The summed E-state index contributed by atoms with van der Waals surface area (Å²) in [4.78, 5) is 16.4. The number of hydrogen-bond acceptors (Lipinski definition) is 4. The average molecular weight is 339 g/mol. The highest BCUT2D eigenvalue weighted by molar-refractivity contribution is 5.95. The van der Waals surface area contributed by atoms with Crippen molar-refractivity contribution >= 4 is 11.7 Å². The minimum Gasteiger partial charge on any atom is -0.384 e. The Morgan fingerprint density at radius 1 is 1.24 bits per heavy atom. The van der Waals surface area contributed by atoms with Crippen LogP contribution in [0.15, 0.2) is 42.6 Å². The summed E-state index contributed by atoms with van der Waals surface area (Å²) in [6.07, 6.45) is 7.67. The highest BCUT2D eigenvalue weighted by atomic mass is 16.5. The summed E-state index contributed by atoms with van der Waals surface area (Å²) in [5.74, 6) is 0.447. The molecule has 5 heteroatoms. The molecule has 0 radical (unpaired) electrons. The second-order valence-electron chi connectivity index (χ2n) is 6.44. The molecule has 3 N–H and O–H groups in total. The molecule has 1 amide bonds. The number of amides is 1. The molecule has 132 valence electrons. The zero-order valence-electron chi connectivity index (χ0n) is 14.4. The molecule has 1 aromatic heterocycles. The Kier molecular flexibility index (Phi) is 6.01. The zero-order valence-corrected chi connectivity index (χ0v) is 14.4. The maximum atomic E-state index is 12.3. The monoisotopic (exact) mass is 339 g/mol. The summed E-state index contributed by atoms with van der Waals surface area (Å²) >= 11 is 0. The van der Waals surface area contributed by atoms with Gasteiger partial charge in [-0.25, -0.2) is 4.98 Å². The van der Waals surface area contributed by atoms with E-state index in [9.17, 15) is 4.79 Å². The van der Waals surface area contributed by atoms with Gasteiger partial charge >= 0.3 is 0 Å². The first-order chi connectivity index (χ1) is 12.2. The van der Waals surface area contributed by atoms with E-state index >= 15 is 0 Å². The van der Waals surface area contributed by atoms with Crippen LogP contribution in [-0.4, -0.2) is 30.1 Å². The van der Waals surface area contributed by atoms with Crippen LogP contribution in [0.1, 0.15) is 42.5 Å². The predicted molar refractivity (Wildman–Crippen MR) is 99.2 cm³/mol. The lowest BCUT2D eigenvalue weighted by Crippen LogP contribution is -2.24. The van der Waals surface area contributed by atoms with Gasteiger partial charge in [0.25, 0.3) is 5.91 Å². The summed E-state index contributed by atoms with van der Waals surface area (Å²) in [6, 6.07) is 11.2. The summed E-state index contributed by atoms with van der Waals surface area (Å²) in [6.45, 7) is 1.60. The van der Waals surface area contributed by atoms with E-state index in [4.69, 9.17) is 10.5 Å². The molecule has 3 rings (SSSR count). The molecule has 1 saturated heterocycles. The van der Waals surface area contributed by atoms with Crippen LogP contribution in [0.2, 0.25) is 0 Å². The first-order valence-electron chi connectivity index (χ1n) is 8.94. The number of ether oxygens (including phenoxy) is 1. The van der Waals surface area contributed by atoms with Crippen molar-refractivity contribution in [3.05, 3.63) is 48.2 Å². The normalized spacial score (nSPS) is 16.7. The van der Waals surface area contributed by atoms with Crippen LogP contribution in [-0.2, 0) is 4.74 Å². The van der Waals surface area contributed by atoms with Gasteiger partial charge in [-0.15, -0.1) is 0 Å². The average Bonchev–Trinajstić information content (AvgIpc) is 3.15. The summed E-state index contributed by atoms with van der Waals surface area (Å²) < 4.78 is 5.61. The van der Waals surface area contributed by atoms with Crippen LogP contribution >= 0.6 is 0 Å². The van der Waals surface area contributed by atoms with Gasteiger partial charge in [0.05, 0.1) is 6.10 Å². The van der Waals surface area contributed by atoms with Gasteiger partial charge in [0, 0.05) is 30.5 Å². The summed E-state index contributed by atoms with van der Waals surface area (Å²) in [7, 11) is 0. The number of unbranched alkanes of at least 4 members (excludes halogenated alkanes) is 1. The Labute approximate surface area is 148 Å². The molecule has 2 heterocycles. The maximum absolute atomic E-state index is 12.3. The number of pyridine rings is 1. The van der Waals surface area contributed by atoms with E-state index in [0.29, 0.717) is 24.0 Å². The summed E-state index contributed by atoms with van der Waals surface area (Å²) in [5, 5.41) is 3.00. The van der Waals surface area contributed by atoms with E-state index in [1.54, 1.807) is 12.3 Å². The molecular weight excluding hydrogens is 314 g/mol. The molecule has 1 fully saturated rings. The number of nitrogens with zero attached hydrogens (tertiary/aromatic N) is 1. The van der Waals surface area contributed by atoms with Gasteiger partial charge in [0.2, 0.25) is 0 Å². The van der Waals surface area contributed by atoms with Crippen molar-refractivity contribution < 1.29 is 9.53 Å². The molecule has 2 aromatic rings. The molecule has 0 spiro atoms. The maximum Gasteiger partial charge on any atom is 0.251 e. The van der Waals surface area contributed by atoms with Gasteiger partial charge < -0.3 is 15.8 Å². The van der Waals surface area contributed by atoms with Crippen LogP contribution in [0.25, 0.3) is 11.1 Å². The van der Waals surface area contributed by atoms with E-state index in [-0.39, 0.29) is 5.91 Å². The van der Waals surface area contributed by atoms with Crippen molar-refractivity contribution in [2.45, 2.75) is 38.2 Å². The molecule has 1 aromatic carbocycles. The SMILES string of the molecule is Nc1ccc(-c2cccc(C(=O)NCCCCC3CCCO3)c2)cn1. The van der Waals surface area contributed by atoms with Gasteiger partial charge in [0.1, 0.15) is 5.82 Å². The topological polar surface area (TPSA) is 77.2 Å². The lowest BCUT2D eigenvalue weighted by Gasteiger charge is -2.10. The number of nitrogen functional groups attached to an aromatic ring is 1. The number of carbonyl (C=O) groups is 1. The Hall–Kier alpha value is -2.40. The molecule has 25 heavy (non-hydrogen) atoms. The Morgan fingerprint density at radius 2 is 2.16 bits per heavy atom. The number of carbonyl (C=O) groups excluding carboxylic acids is 1. The number of benzene rings is 1. The smallest absolute Gasteiger partial charge is 0.251 e. The standard InChI is InChI=1S/C20H25N3O2/c21-19-10-9-17(14-23-19)15-5-3-6-16(13-15)20(24)22-11-2-1-7-18-8-4-12-25-18/h3,5-6,9-10,13-14,18H,1-2,4,7-8,11-12H2,(H2,21,23)(H,22,24). The molecule has 0 bridgehead atoms. The number of hydrogen-bond donors (Lipinski definition) is 2. The predicted octanol–water partition coefficient (Wildman–Crippen LogP) is 3.41. The number of anilines is 1. The second-order valence-corrected chi connectivity index (χ2v) is 6.44. The van der Waals surface area contributed by atoms with Gasteiger partial charge in [-0.3, -0.25) is 4.79 Å². The second kappa shape index (κ2) is 8.62. The third kappa shape index (κ3) is 5.03. The molecular formula is C20H25N3O2. The first-order valence-corrected chi connectivity index (χ1v) is 8.94. The number of nitrogens with two attached hydrogens (primary N) is 1. The fraction of sp³-hybridized carbons (Fsp3) is 0.400. The number of rotatable bonds is 7. The highest BCUT2D eigenvalue weighted by Gasteiger charge is 2.14. The number of nitrogens with one attached hydrogen (secondary N) is 1. The lowest BCUT2D eigenvalue weighted by molar-refractivity contribution is 0.0947. The molecule has 1 aliphatic rings. The van der Waals surface area contributed by atoms with Crippen molar-refractivity contribution in [2.24, 2.45) is 0 Å². The minimum absolute atomic E-state index is 0.0395. The van der Waals surface area contributed by atoms with E-state index in [2.05, 4.69) is 10.3 Å². The van der Waals surface area contributed by atoms with Crippen molar-refractivity contribution in [3.8, 4) is 11.1 Å². The molecule has 1 atom stereocenters. The van der Waals surface area contributed by atoms with E-state index in [0.717, 1.165) is 37.0 Å². The fourth-order valence-corrected chi connectivity index (χ4v) is 3.09. The third-order valence-electron chi connectivity index (χ3n) is 4.51. The van der Waals surface area contributed by atoms with Gasteiger partial charge in [0.15, 0.2) is 0 Å². The Bertz CT molecular complexity index is 694. The van der Waals surface area contributed by atoms with E-state index in [1.165, 1.54) is 12.8 Å². The Balaban J connectivity index is 1.48. The quantitative estimate of drug-likeness (QED) is 0.758.